The lowest BCUT2D eigenvalue weighted by Gasteiger charge is -2.36. The second-order valence-electron chi connectivity index (χ2n) is 9.39. The maximum absolute atomic E-state index is 14.7. The van der Waals surface area contributed by atoms with Crippen LogP contribution in [0, 0.1) is 5.82 Å². The van der Waals surface area contributed by atoms with Crippen LogP contribution in [0.25, 0.3) is 28.0 Å². The summed E-state index contributed by atoms with van der Waals surface area (Å²) in [6.07, 6.45) is 3.70. The van der Waals surface area contributed by atoms with Gasteiger partial charge in [0.25, 0.3) is 0 Å². The fraction of sp³-hybridized carbons (Fsp3) is 0.280. The van der Waals surface area contributed by atoms with E-state index in [1.807, 2.05) is 27.8 Å². The summed E-state index contributed by atoms with van der Waals surface area (Å²) in [7, 11) is 0. The Morgan fingerprint density at radius 2 is 2.00 bits per heavy atom. The normalized spacial score (nSPS) is 16.1. The van der Waals surface area contributed by atoms with E-state index in [1.54, 1.807) is 23.0 Å². The van der Waals surface area contributed by atoms with Crippen LogP contribution in [0.3, 0.4) is 0 Å². The van der Waals surface area contributed by atoms with Crippen molar-refractivity contribution in [1.82, 2.24) is 29.3 Å². The minimum Gasteiger partial charge on any atom is -0.463 e. The van der Waals surface area contributed by atoms with E-state index in [1.165, 1.54) is 6.07 Å². The lowest BCUT2D eigenvalue weighted by molar-refractivity contribution is -0.115. The number of nitrogens with zero attached hydrogens (tertiary/aromatic N) is 7. The molecule has 4 aromatic heterocycles. The molecule has 6 heterocycles. The zero-order chi connectivity index (χ0) is 25.1. The van der Waals surface area contributed by atoms with Gasteiger partial charge in [0, 0.05) is 38.4 Å². The first kappa shape index (κ1) is 21.8. The molecule has 0 saturated carbocycles. The van der Waals surface area contributed by atoms with Gasteiger partial charge in [-0.3, -0.25) is 9.69 Å². The zero-order valence-electron chi connectivity index (χ0n) is 19.9. The van der Waals surface area contributed by atoms with Gasteiger partial charge in [-0.05, 0) is 35.9 Å². The number of halogens is 1. The highest BCUT2D eigenvalue weighted by Crippen LogP contribution is 2.31. The highest BCUT2D eigenvalue weighted by atomic mass is 19.1. The molecular weight excluding hydrogens is 477 g/mol. The molecule has 0 atom stereocenters. The summed E-state index contributed by atoms with van der Waals surface area (Å²) >= 11 is 0. The number of anilines is 3. The van der Waals surface area contributed by atoms with Gasteiger partial charge in [-0.2, -0.15) is 19.7 Å². The van der Waals surface area contributed by atoms with Gasteiger partial charge in [0.05, 0.1) is 42.0 Å². The average Bonchev–Trinajstić information content (AvgIpc) is 3.68. The Hall–Kier alpha value is -4.45. The van der Waals surface area contributed by atoms with Crippen LogP contribution in [0.1, 0.15) is 5.56 Å². The number of piperazine rings is 1. The highest BCUT2D eigenvalue weighted by molar-refractivity contribution is 5.99. The standard InChI is InChI=1S/C25H24FN9O2/c26-17-12-18-15(11-23(36)29-18)10-21(17)33-6-3-32(4-7-33)5-8-34-24-16(14-28-34)20-13-19(22-2-1-9-37-22)31-35(20)25(27)30-24/h1-2,9-10,12-14H,3-8,11H2,(H2,27,30)(H,29,36). The van der Waals surface area contributed by atoms with Gasteiger partial charge >= 0.3 is 0 Å². The van der Waals surface area contributed by atoms with E-state index >= 15 is 0 Å². The third-order valence-electron chi connectivity index (χ3n) is 7.15. The molecular formula is C25H24FN9O2. The van der Waals surface area contributed by atoms with E-state index in [-0.39, 0.29) is 17.7 Å². The second kappa shape index (κ2) is 8.30. The number of aromatic nitrogens is 5. The van der Waals surface area contributed by atoms with Gasteiger partial charge in [0.15, 0.2) is 11.4 Å². The Morgan fingerprint density at radius 3 is 2.81 bits per heavy atom. The Bertz CT molecular complexity index is 1650. The molecule has 12 heteroatoms. The molecule has 1 fully saturated rings. The van der Waals surface area contributed by atoms with Gasteiger partial charge in [0.2, 0.25) is 11.9 Å². The third kappa shape index (κ3) is 3.68. The topological polar surface area (TPSA) is 123 Å². The van der Waals surface area contributed by atoms with Crippen LogP contribution in [0.5, 0.6) is 0 Å². The zero-order valence-corrected chi connectivity index (χ0v) is 19.9. The quantitative estimate of drug-likeness (QED) is 0.376. The first-order chi connectivity index (χ1) is 18.0. The molecule has 0 spiro atoms. The number of carbonyl (C=O) groups is 1. The van der Waals surface area contributed by atoms with Crippen molar-refractivity contribution in [2.45, 2.75) is 13.0 Å². The average molecular weight is 502 g/mol. The number of hydrogen-bond donors (Lipinski definition) is 2. The number of furan rings is 1. The highest BCUT2D eigenvalue weighted by Gasteiger charge is 2.25. The molecule has 188 valence electrons. The van der Waals surface area contributed by atoms with Crippen LogP contribution >= 0.6 is 0 Å². The first-order valence-electron chi connectivity index (χ1n) is 12.2. The van der Waals surface area contributed by atoms with E-state index in [0.29, 0.717) is 54.5 Å². The first-order valence-corrected chi connectivity index (χ1v) is 12.2. The van der Waals surface area contributed by atoms with Crippen LogP contribution in [0.4, 0.5) is 21.7 Å². The van der Waals surface area contributed by atoms with Gasteiger partial charge < -0.3 is 20.4 Å². The molecule has 3 N–H and O–H groups in total. The summed E-state index contributed by atoms with van der Waals surface area (Å²) in [6, 6.07) is 8.82. The summed E-state index contributed by atoms with van der Waals surface area (Å²) in [5.74, 6) is 0.546. The van der Waals surface area contributed by atoms with Crippen molar-refractivity contribution in [2.75, 3.05) is 48.7 Å². The number of fused-ring (bicyclic) bond motifs is 4. The SMILES string of the molecule is Nc1nc2c(cnn2CCN2CCN(c3cc4c(cc3F)NC(=O)C4)CC2)c2cc(-c3ccco3)nn12. The van der Waals surface area contributed by atoms with Gasteiger partial charge in [-0.1, -0.05) is 0 Å². The summed E-state index contributed by atoms with van der Waals surface area (Å²) in [5, 5.41) is 12.7. The summed E-state index contributed by atoms with van der Waals surface area (Å²) < 4.78 is 23.7. The predicted molar refractivity (Wildman–Crippen MR) is 136 cm³/mol. The number of nitrogens with two attached hydrogens (primary N) is 1. The molecule has 7 rings (SSSR count). The fourth-order valence-electron chi connectivity index (χ4n) is 5.22. The van der Waals surface area contributed by atoms with Crippen LogP contribution in [-0.2, 0) is 17.8 Å². The number of nitrogen functional groups attached to an aromatic ring is 1. The van der Waals surface area contributed by atoms with Crippen molar-refractivity contribution in [3.63, 3.8) is 0 Å². The molecule has 5 aromatic rings. The minimum absolute atomic E-state index is 0.0920. The summed E-state index contributed by atoms with van der Waals surface area (Å²) in [4.78, 5) is 20.6. The Kier molecular flexibility index (Phi) is 4.89. The van der Waals surface area contributed by atoms with Crippen LogP contribution in [0.2, 0.25) is 0 Å². The third-order valence-corrected chi connectivity index (χ3v) is 7.15. The van der Waals surface area contributed by atoms with Gasteiger partial charge in [-0.25, -0.2) is 9.07 Å². The maximum Gasteiger partial charge on any atom is 0.228 e. The van der Waals surface area contributed by atoms with Crippen molar-refractivity contribution in [3.05, 3.63) is 54.2 Å². The summed E-state index contributed by atoms with van der Waals surface area (Å²) in [6.45, 7) is 4.41. The van der Waals surface area contributed by atoms with E-state index in [4.69, 9.17) is 10.2 Å². The molecule has 0 bridgehead atoms. The molecule has 2 aliphatic rings. The number of amides is 1. The molecule has 1 amide bonds. The molecule has 2 aliphatic heterocycles. The molecule has 37 heavy (non-hydrogen) atoms. The van der Waals surface area contributed by atoms with Crippen molar-refractivity contribution in [3.8, 4) is 11.5 Å². The van der Waals surface area contributed by atoms with Crippen LogP contribution in [0.15, 0.2) is 47.2 Å². The molecule has 0 radical (unpaired) electrons. The monoisotopic (exact) mass is 501 g/mol. The Labute approximate surface area is 210 Å². The van der Waals surface area contributed by atoms with Crippen molar-refractivity contribution < 1.29 is 13.6 Å². The number of nitrogens with one attached hydrogen (secondary N) is 1. The Morgan fingerprint density at radius 1 is 1.14 bits per heavy atom. The van der Waals surface area contributed by atoms with E-state index in [0.717, 1.165) is 36.1 Å². The number of carbonyl (C=O) groups excluding carboxylic acids is 1. The van der Waals surface area contributed by atoms with Gasteiger partial charge in [0.1, 0.15) is 11.5 Å². The second-order valence-corrected chi connectivity index (χ2v) is 9.39. The van der Waals surface area contributed by atoms with Crippen LogP contribution < -0.4 is 16.0 Å². The van der Waals surface area contributed by atoms with E-state index < -0.39 is 0 Å². The van der Waals surface area contributed by atoms with Crippen LogP contribution in [-0.4, -0.2) is 67.9 Å². The summed E-state index contributed by atoms with van der Waals surface area (Å²) in [5.41, 5.74) is 10.4. The van der Waals surface area contributed by atoms with E-state index in [2.05, 4.69) is 25.4 Å². The molecule has 0 aliphatic carbocycles. The molecule has 1 aromatic carbocycles. The molecule has 0 unspecified atom stereocenters. The largest absolute Gasteiger partial charge is 0.463 e. The minimum atomic E-state index is -0.303. The van der Waals surface area contributed by atoms with Crippen molar-refractivity contribution in [2.24, 2.45) is 0 Å². The van der Waals surface area contributed by atoms with E-state index in [9.17, 15) is 9.18 Å². The predicted octanol–water partition coefficient (Wildman–Crippen LogP) is 2.38. The Balaban J connectivity index is 1.05. The fourth-order valence-corrected chi connectivity index (χ4v) is 5.22. The number of benzene rings is 1. The smallest absolute Gasteiger partial charge is 0.228 e. The van der Waals surface area contributed by atoms with Crippen molar-refractivity contribution >= 4 is 39.8 Å². The number of rotatable bonds is 5. The number of hydrogen-bond acceptors (Lipinski definition) is 8. The molecule has 11 nitrogen and oxygen atoms in total. The maximum atomic E-state index is 14.7. The lowest BCUT2D eigenvalue weighted by Crippen LogP contribution is -2.47. The van der Waals surface area contributed by atoms with Crippen molar-refractivity contribution in [1.29, 1.82) is 0 Å². The van der Waals surface area contributed by atoms with Gasteiger partial charge in [-0.15, -0.1) is 0 Å². The molecule has 1 saturated heterocycles. The lowest BCUT2D eigenvalue weighted by atomic mass is 10.1.